The van der Waals surface area contributed by atoms with E-state index in [4.69, 9.17) is 14.0 Å². The van der Waals surface area contributed by atoms with Crippen molar-refractivity contribution in [3.8, 4) is 11.5 Å². The number of benzene rings is 1. The van der Waals surface area contributed by atoms with Crippen LogP contribution in [0.15, 0.2) is 22.7 Å². The highest BCUT2D eigenvalue weighted by Crippen LogP contribution is 2.46. The summed E-state index contributed by atoms with van der Waals surface area (Å²) < 4.78 is 16.4. The molecule has 1 saturated heterocycles. The molecule has 3 heterocycles. The van der Waals surface area contributed by atoms with Crippen molar-refractivity contribution in [3.05, 3.63) is 29.9 Å². The van der Waals surface area contributed by atoms with Crippen LogP contribution in [-0.4, -0.2) is 47.4 Å². The summed E-state index contributed by atoms with van der Waals surface area (Å²) in [6, 6.07) is 5.40. The Kier molecular flexibility index (Phi) is 4.56. The number of piperidine rings is 1. The summed E-state index contributed by atoms with van der Waals surface area (Å²) in [5.41, 5.74) is 0.634. The first-order valence-electron chi connectivity index (χ1n) is 10.4. The second-order valence-electron chi connectivity index (χ2n) is 8.34. The number of likely N-dealkylation sites (tertiary alicyclic amines) is 1. The minimum Gasteiger partial charge on any atom is -0.486 e. The van der Waals surface area contributed by atoms with Gasteiger partial charge in [0.1, 0.15) is 13.2 Å². The molecule has 1 saturated carbocycles. The predicted octanol–water partition coefficient (Wildman–Crippen LogP) is 3.52. The number of urea groups is 1. The number of fused-ring (bicyclic) bond motifs is 1. The van der Waals surface area contributed by atoms with Gasteiger partial charge in [0.2, 0.25) is 5.89 Å². The molecule has 1 aromatic carbocycles. The van der Waals surface area contributed by atoms with Crippen LogP contribution in [0.25, 0.3) is 0 Å². The van der Waals surface area contributed by atoms with E-state index in [9.17, 15) is 4.79 Å². The average Bonchev–Trinajstić information content (AvgIpc) is 3.44. The molecule has 2 aromatic rings. The summed E-state index contributed by atoms with van der Waals surface area (Å²) in [6.07, 6.45) is 5.37. The molecule has 0 bridgehead atoms. The standard InChI is InChI=1S/C21H26N4O4/c1-14-22-19(24-29-14)21(13-15-2-3-15)6-8-25(9-7-21)20(26)23-16-4-5-17-18(12-16)28-11-10-27-17/h4-5,12,15H,2-3,6-11,13H2,1H3,(H,23,26). The normalized spacial score (nSPS) is 20.4. The van der Waals surface area contributed by atoms with E-state index in [2.05, 4.69) is 15.5 Å². The quantitative estimate of drug-likeness (QED) is 0.848. The second kappa shape index (κ2) is 7.24. The van der Waals surface area contributed by atoms with Crippen molar-refractivity contribution in [2.45, 2.75) is 44.4 Å². The Bertz CT molecular complexity index is 900. The van der Waals surface area contributed by atoms with Gasteiger partial charge >= 0.3 is 6.03 Å². The van der Waals surface area contributed by atoms with E-state index in [1.165, 1.54) is 12.8 Å². The third-order valence-corrected chi connectivity index (χ3v) is 6.18. The lowest BCUT2D eigenvalue weighted by Gasteiger charge is -2.40. The van der Waals surface area contributed by atoms with Gasteiger partial charge in [-0.05, 0) is 37.3 Å². The number of hydrogen-bond donors (Lipinski definition) is 1. The fourth-order valence-electron chi connectivity index (χ4n) is 4.37. The summed E-state index contributed by atoms with van der Waals surface area (Å²) in [5, 5.41) is 7.23. The molecule has 2 amide bonds. The van der Waals surface area contributed by atoms with Gasteiger partial charge in [-0.2, -0.15) is 4.98 Å². The maximum atomic E-state index is 12.8. The Morgan fingerprint density at radius 2 is 1.97 bits per heavy atom. The Morgan fingerprint density at radius 3 is 2.66 bits per heavy atom. The fraction of sp³-hybridized carbons (Fsp3) is 0.571. The Labute approximate surface area is 169 Å². The van der Waals surface area contributed by atoms with Crippen LogP contribution in [0, 0.1) is 12.8 Å². The van der Waals surface area contributed by atoms with Gasteiger partial charge in [-0.1, -0.05) is 18.0 Å². The molecule has 0 unspecified atom stereocenters. The molecular weight excluding hydrogens is 372 g/mol. The lowest BCUT2D eigenvalue weighted by Crippen LogP contribution is -2.47. The third-order valence-electron chi connectivity index (χ3n) is 6.18. The van der Waals surface area contributed by atoms with Crippen molar-refractivity contribution >= 4 is 11.7 Å². The van der Waals surface area contributed by atoms with Crippen LogP contribution in [0.5, 0.6) is 11.5 Å². The highest BCUT2D eigenvalue weighted by atomic mass is 16.6. The van der Waals surface area contributed by atoms with E-state index in [1.807, 2.05) is 30.0 Å². The summed E-state index contributed by atoms with van der Waals surface area (Å²) in [6.45, 7) is 4.26. The maximum absolute atomic E-state index is 12.8. The molecule has 8 nitrogen and oxygen atoms in total. The Hall–Kier alpha value is -2.77. The number of carbonyl (C=O) groups excluding carboxylic acids is 1. The van der Waals surface area contributed by atoms with E-state index in [0.29, 0.717) is 49.4 Å². The average molecular weight is 398 g/mol. The van der Waals surface area contributed by atoms with E-state index in [-0.39, 0.29) is 11.4 Å². The summed E-state index contributed by atoms with van der Waals surface area (Å²) in [4.78, 5) is 19.2. The number of nitrogens with zero attached hydrogens (tertiary/aromatic N) is 3. The molecule has 154 valence electrons. The molecule has 29 heavy (non-hydrogen) atoms. The predicted molar refractivity (Wildman–Crippen MR) is 105 cm³/mol. The van der Waals surface area contributed by atoms with Gasteiger partial charge in [0.25, 0.3) is 0 Å². The number of ether oxygens (including phenoxy) is 2. The molecule has 0 spiro atoms. The van der Waals surface area contributed by atoms with Gasteiger partial charge in [-0.15, -0.1) is 0 Å². The van der Waals surface area contributed by atoms with E-state index in [0.717, 1.165) is 31.0 Å². The third kappa shape index (κ3) is 3.75. The minimum absolute atomic E-state index is 0.0767. The SMILES string of the molecule is Cc1nc(C2(CC3CC3)CCN(C(=O)Nc3ccc4c(c3)OCCO4)CC2)no1. The van der Waals surface area contributed by atoms with Gasteiger partial charge < -0.3 is 24.2 Å². The van der Waals surface area contributed by atoms with Crippen molar-refractivity contribution in [2.24, 2.45) is 5.92 Å². The minimum atomic E-state index is -0.0917. The van der Waals surface area contributed by atoms with Crippen LogP contribution in [0.3, 0.4) is 0 Å². The highest BCUT2D eigenvalue weighted by molar-refractivity contribution is 5.89. The van der Waals surface area contributed by atoms with Crippen LogP contribution in [0.2, 0.25) is 0 Å². The van der Waals surface area contributed by atoms with Crippen molar-refractivity contribution in [1.29, 1.82) is 0 Å². The van der Waals surface area contributed by atoms with Crippen LogP contribution in [0.4, 0.5) is 10.5 Å². The number of hydrogen-bond acceptors (Lipinski definition) is 6. The first kappa shape index (κ1) is 18.3. The van der Waals surface area contributed by atoms with Crippen molar-refractivity contribution < 1.29 is 18.8 Å². The summed E-state index contributed by atoms with van der Waals surface area (Å²) >= 11 is 0. The van der Waals surface area contributed by atoms with Crippen LogP contribution < -0.4 is 14.8 Å². The number of amides is 2. The molecule has 3 aliphatic rings. The van der Waals surface area contributed by atoms with Gasteiger partial charge in [0.15, 0.2) is 17.3 Å². The summed E-state index contributed by atoms with van der Waals surface area (Å²) in [7, 11) is 0. The zero-order valence-corrected chi connectivity index (χ0v) is 16.6. The van der Waals surface area contributed by atoms with Gasteiger partial charge in [-0.25, -0.2) is 4.79 Å². The van der Waals surface area contributed by atoms with Crippen LogP contribution in [0.1, 0.15) is 43.8 Å². The smallest absolute Gasteiger partial charge is 0.321 e. The number of aromatic nitrogens is 2. The van der Waals surface area contributed by atoms with Crippen molar-refractivity contribution in [3.63, 3.8) is 0 Å². The first-order chi connectivity index (χ1) is 14.1. The lowest BCUT2D eigenvalue weighted by molar-refractivity contribution is 0.153. The summed E-state index contributed by atoms with van der Waals surface area (Å²) in [5.74, 6) is 3.56. The Morgan fingerprint density at radius 1 is 1.21 bits per heavy atom. The first-order valence-corrected chi connectivity index (χ1v) is 10.4. The van der Waals surface area contributed by atoms with Crippen molar-refractivity contribution in [1.82, 2.24) is 15.0 Å². The number of rotatable bonds is 4. The monoisotopic (exact) mass is 398 g/mol. The number of carbonyl (C=O) groups is 1. The fourth-order valence-corrected chi connectivity index (χ4v) is 4.37. The zero-order valence-electron chi connectivity index (χ0n) is 16.6. The molecule has 0 radical (unpaired) electrons. The van der Waals surface area contributed by atoms with E-state index >= 15 is 0 Å². The molecule has 5 rings (SSSR count). The number of aryl methyl sites for hydroxylation is 1. The van der Waals surface area contributed by atoms with Crippen LogP contribution in [-0.2, 0) is 5.41 Å². The molecule has 1 N–H and O–H groups in total. The number of nitrogens with one attached hydrogen (secondary N) is 1. The molecule has 0 atom stereocenters. The maximum Gasteiger partial charge on any atom is 0.321 e. The van der Waals surface area contributed by atoms with Gasteiger partial charge in [0, 0.05) is 37.2 Å². The van der Waals surface area contributed by atoms with Gasteiger partial charge in [-0.3, -0.25) is 0 Å². The number of anilines is 1. The lowest BCUT2D eigenvalue weighted by atomic mass is 9.73. The van der Waals surface area contributed by atoms with Crippen molar-refractivity contribution in [2.75, 3.05) is 31.6 Å². The van der Waals surface area contributed by atoms with Gasteiger partial charge in [0.05, 0.1) is 0 Å². The zero-order chi connectivity index (χ0) is 19.8. The van der Waals surface area contributed by atoms with Crippen LogP contribution >= 0.6 is 0 Å². The molecular formula is C21H26N4O4. The topological polar surface area (TPSA) is 89.7 Å². The largest absolute Gasteiger partial charge is 0.486 e. The molecule has 1 aliphatic carbocycles. The van der Waals surface area contributed by atoms with E-state index in [1.54, 1.807) is 0 Å². The highest BCUT2D eigenvalue weighted by Gasteiger charge is 2.44. The Balaban J connectivity index is 1.25. The second-order valence-corrected chi connectivity index (χ2v) is 8.34. The molecule has 2 fully saturated rings. The molecule has 1 aromatic heterocycles. The van der Waals surface area contributed by atoms with E-state index < -0.39 is 0 Å². The molecule has 2 aliphatic heterocycles. The molecule has 8 heteroatoms.